The van der Waals surface area contributed by atoms with Gasteiger partial charge in [-0.2, -0.15) is 0 Å². The topological polar surface area (TPSA) is 94.6 Å². The Labute approximate surface area is 144 Å². The van der Waals surface area contributed by atoms with Gasteiger partial charge in [0.25, 0.3) is 0 Å². The number of carbonyl (C=O) groups is 2. The normalized spacial score (nSPS) is 29.6. The molecule has 2 fully saturated rings. The van der Waals surface area contributed by atoms with Crippen molar-refractivity contribution in [3.8, 4) is 11.5 Å². The summed E-state index contributed by atoms with van der Waals surface area (Å²) in [7, 11) is 0. The smallest absolute Gasteiger partial charge is 0.322 e. The maximum Gasteiger partial charge on any atom is 0.322 e. The maximum absolute atomic E-state index is 12.9. The molecule has 0 radical (unpaired) electrons. The van der Waals surface area contributed by atoms with Crippen molar-refractivity contribution in [3.05, 3.63) is 30.2 Å². The molecular weight excluding hydrogens is 324 g/mol. The molecule has 7 nitrogen and oxygen atoms in total. The van der Waals surface area contributed by atoms with Crippen LogP contribution in [0.15, 0.2) is 33.4 Å². The number of ether oxygens (including phenoxy) is 1. The van der Waals surface area contributed by atoms with Crippen molar-refractivity contribution < 1.29 is 23.3 Å². The van der Waals surface area contributed by atoms with Crippen LogP contribution in [0.1, 0.15) is 39.3 Å². The number of nitrogens with zero attached hydrogens (tertiary/aromatic N) is 1. The summed E-state index contributed by atoms with van der Waals surface area (Å²) in [6.07, 6.45) is 2.73. The second kappa shape index (κ2) is 4.97. The lowest BCUT2D eigenvalue weighted by molar-refractivity contribution is -0.162. The van der Waals surface area contributed by atoms with Gasteiger partial charge < -0.3 is 19.0 Å². The molecule has 1 saturated carbocycles. The van der Waals surface area contributed by atoms with E-state index in [9.17, 15) is 9.59 Å². The quantitative estimate of drug-likeness (QED) is 0.677. The molecule has 2 aromatic heterocycles. The first-order valence-corrected chi connectivity index (χ1v) is 8.31. The molecule has 2 aromatic rings. The van der Waals surface area contributed by atoms with Gasteiger partial charge in [-0.25, -0.2) is 0 Å². The average Bonchev–Trinajstić information content (AvgIpc) is 3.28. The summed E-state index contributed by atoms with van der Waals surface area (Å²) >= 11 is 0. The van der Waals surface area contributed by atoms with Crippen molar-refractivity contribution in [1.29, 1.82) is 0 Å². The average molecular weight is 344 g/mol. The highest BCUT2D eigenvalue weighted by atomic mass is 16.6. The Morgan fingerprint density at radius 1 is 1.28 bits per heavy atom. The van der Waals surface area contributed by atoms with Gasteiger partial charge in [-0.1, -0.05) is 19.0 Å². The fraction of sp³-hybridized carbons (Fsp3) is 0.500. The van der Waals surface area contributed by atoms with Crippen LogP contribution in [0.2, 0.25) is 0 Å². The van der Waals surface area contributed by atoms with Crippen molar-refractivity contribution in [2.75, 3.05) is 0 Å². The molecule has 1 aliphatic carbocycles. The van der Waals surface area contributed by atoms with Crippen LogP contribution in [-0.2, 0) is 20.9 Å². The van der Waals surface area contributed by atoms with Gasteiger partial charge in [0.1, 0.15) is 11.3 Å². The fourth-order valence-corrected chi connectivity index (χ4v) is 4.07. The largest absolute Gasteiger partial charge is 0.461 e. The second-order valence-corrected chi connectivity index (χ2v) is 7.49. The summed E-state index contributed by atoms with van der Waals surface area (Å²) in [6, 6.07) is 5.22. The van der Waals surface area contributed by atoms with Crippen molar-refractivity contribution in [3.63, 3.8) is 0 Å². The first kappa shape index (κ1) is 15.9. The van der Waals surface area contributed by atoms with Gasteiger partial charge in [0, 0.05) is 11.5 Å². The van der Waals surface area contributed by atoms with E-state index in [-0.39, 0.29) is 12.5 Å². The number of esters is 1. The standard InChI is InChI=1S/C18H20N2O5/c1-16(2)17(3)6-7-18(16,15(22)24-17)14(21)19-10-11-9-13(25-20-11)12-5-4-8-23-12/h4-5,8-9H,6-7,10H2,1-3H3,(H,19,21)/t17-,18+/m1/s1. The number of aromatic nitrogens is 1. The Kier molecular flexibility index (Phi) is 3.17. The zero-order valence-corrected chi connectivity index (χ0v) is 14.4. The van der Waals surface area contributed by atoms with Gasteiger partial charge in [-0.05, 0) is 31.9 Å². The zero-order valence-electron chi connectivity index (χ0n) is 14.4. The molecule has 1 N–H and O–H groups in total. The number of nitrogens with one attached hydrogen (secondary N) is 1. The van der Waals surface area contributed by atoms with E-state index in [1.807, 2.05) is 20.8 Å². The molecule has 1 saturated heterocycles. The van der Waals surface area contributed by atoms with Crippen molar-refractivity contribution in [1.82, 2.24) is 10.5 Å². The lowest BCUT2D eigenvalue weighted by Crippen LogP contribution is -2.50. The Morgan fingerprint density at radius 2 is 2.08 bits per heavy atom. The van der Waals surface area contributed by atoms with E-state index in [2.05, 4.69) is 10.5 Å². The predicted molar refractivity (Wildman–Crippen MR) is 86.0 cm³/mol. The number of hydrogen-bond donors (Lipinski definition) is 1. The van der Waals surface area contributed by atoms with Gasteiger partial charge in [0.15, 0.2) is 11.2 Å². The van der Waals surface area contributed by atoms with E-state index >= 15 is 0 Å². The van der Waals surface area contributed by atoms with Crippen LogP contribution in [0.4, 0.5) is 0 Å². The van der Waals surface area contributed by atoms with E-state index in [0.717, 1.165) is 0 Å². The Balaban J connectivity index is 1.51. The highest BCUT2D eigenvalue weighted by Gasteiger charge is 2.76. The summed E-state index contributed by atoms with van der Waals surface area (Å²) in [6.45, 7) is 5.93. The second-order valence-electron chi connectivity index (χ2n) is 7.49. The summed E-state index contributed by atoms with van der Waals surface area (Å²) in [5, 5.41) is 6.76. The predicted octanol–water partition coefficient (Wildman–Crippen LogP) is 2.67. The number of rotatable bonds is 4. The Morgan fingerprint density at radius 3 is 2.68 bits per heavy atom. The molecule has 0 aromatic carbocycles. The van der Waals surface area contributed by atoms with Gasteiger partial charge in [0.05, 0.1) is 12.8 Å². The van der Waals surface area contributed by atoms with Crippen LogP contribution in [0.25, 0.3) is 11.5 Å². The number of carbonyl (C=O) groups excluding carboxylic acids is 2. The van der Waals surface area contributed by atoms with E-state index < -0.39 is 22.4 Å². The number of hydrogen-bond acceptors (Lipinski definition) is 6. The molecule has 2 bridgehead atoms. The minimum absolute atomic E-state index is 0.171. The molecule has 7 heteroatoms. The van der Waals surface area contributed by atoms with E-state index in [1.54, 1.807) is 24.5 Å². The third-order valence-electron chi connectivity index (χ3n) is 6.17. The maximum atomic E-state index is 12.9. The Hall–Kier alpha value is -2.57. The monoisotopic (exact) mass is 344 g/mol. The summed E-state index contributed by atoms with van der Waals surface area (Å²) in [5.74, 6) is 0.309. The van der Waals surface area contributed by atoms with Crippen LogP contribution in [-0.4, -0.2) is 22.6 Å². The molecule has 0 spiro atoms. The molecule has 4 rings (SSSR count). The number of amides is 1. The zero-order chi connectivity index (χ0) is 17.9. The first-order valence-electron chi connectivity index (χ1n) is 8.31. The molecule has 132 valence electrons. The van der Waals surface area contributed by atoms with Gasteiger partial charge in [0.2, 0.25) is 11.7 Å². The number of fused-ring (bicyclic) bond motifs is 2. The highest BCUT2D eigenvalue weighted by molar-refractivity contribution is 6.06. The van der Waals surface area contributed by atoms with Crippen molar-refractivity contribution in [2.45, 2.75) is 45.8 Å². The minimum atomic E-state index is -1.14. The van der Waals surface area contributed by atoms with Crippen LogP contribution in [0, 0.1) is 10.8 Å². The highest BCUT2D eigenvalue weighted by Crippen LogP contribution is 2.65. The van der Waals surface area contributed by atoms with Crippen LogP contribution < -0.4 is 5.32 Å². The molecule has 3 heterocycles. The van der Waals surface area contributed by atoms with Crippen molar-refractivity contribution in [2.24, 2.45) is 10.8 Å². The third kappa shape index (κ3) is 1.95. The molecule has 2 aliphatic rings. The van der Waals surface area contributed by atoms with E-state index in [0.29, 0.717) is 30.1 Å². The summed E-state index contributed by atoms with van der Waals surface area (Å²) in [5.41, 5.74) is -1.75. The first-order chi connectivity index (χ1) is 11.8. The molecule has 1 amide bonds. The molecule has 25 heavy (non-hydrogen) atoms. The number of furan rings is 1. The lowest BCUT2D eigenvalue weighted by atomic mass is 9.65. The molecule has 2 atom stereocenters. The SMILES string of the molecule is CC1(C)[C@]2(C(=O)NCc3cc(-c4ccco4)on3)CC[C@@]1(C)OC2=O. The molecular formula is C18H20N2O5. The summed E-state index contributed by atoms with van der Waals surface area (Å²) < 4.78 is 16.0. The van der Waals surface area contributed by atoms with Gasteiger partial charge in [-0.3, -0.25) is 9.59 Å². The van der Waals surface area contributed by atoms with Gasteiger partial charge in [-0.15, -0.1) is 0 Å². The molecule has 0 unspecified atom stereocenters. The fourth-order valence-electron chi connectivity index (χ4n) is 4.07. The van der Waals surface area contributed by atoms with Crippen LogP contribution in [0.3, 0.4) is 0 Å². The van der Waals surface area contributed by atoms with E-state index in [1.165, 1.54) is 0 Å². The Bertz CT molecular complexity index is 838. The van der Waals surface area contributed by atoms with Crippen LogP contribution >= 0.6 is 0 Å². The van der Waals surface area contributed by atoms with Crippen LogP contribution in [0.5, 0.6) is 0 Å². The van der Waals surface area contributed by atoms with Gasteiger partial charge >= 0.3 is 5.97 Å². The minimum Gasteiger partial charge on any atom is -0.461 e. The van der Waals surface area contributed by atoms with E-state index in [4.69, 9.17) is 13.7 Å². The summed E-state index contributed by atoms with van der Waals surface area (Å²) in [4.78, 5) is 25.4. The third-order valence-corrected chi connectivity index (χ3v) is 6.17. The molecule has 1 aliphatic heterocycles. The lowest BCUT2D eigenvalue weighted by Gasteiger charge is -2.34. The van der Waals surface area contributed by atoms with Crippen molar-refractivity contribution >= 4 is 11.9 Å².